The molecule has 15 heavy (non-hydrogen) atoms. The number of hydrogen-bond acceptors (Lipinski definition) is 2. The monoisotopic (exact) mass is 204 g/mol. The van der Waals surface area contributed by atoms with Gasteiger partial charge in [0, 0.05) is 5.39 Å². The second-order valence-electron chi connectivity index (χ2n) is 3.08. The average Bonchev–Trinajstić information content (AvgIpc) is 2.29. The number of hydrogen-bond donors (Lipinski definition) is 0. The van der Waals surface area contributed by atoms with Gasteiger partial charge in [0.05, 0.1) is 0 Å². The van der Waals surface area contributed by atoms with E-state index in [0.29, 0.717) is 5.75 Å². The minimum absolute atomic E-state index is 0.399. The highest BCUT2D eigenvalue weighted by Gasteiger charge is 2.06. The van der Waals surface area contributed by atoms with Crippen molar-refractivity contribution in [2.24, 2.45) is 0 Å². The van der Waals surface area contributed by atoms with Gasteiger partial charge in [-0.05, 0) is 11.5 Å². The van der Waals surface area contributed by atoms with Crippen LogP contribution in [-0.4, -0.2) is 12.6 Å². The van der Waals surface area contributed by atoms with Crippen LogP contribution in [-0.2, 0) is 4.79 Å². The van der Waals surface area contributed by atoms with Gasteiger partial charge >= 0.3 is 5.97 Å². The summed E-state index contributed by atoms with van der Waals surface area (Å²) in [5, 5.41) is 1.77. The number of carbonyl (C=O) groups is 1. The van der Waals surface area contributed by atoms with Gasteiger partial charge in [-0.2, -0.15) is 0 Å². The lowest BCUT2D eigenvalue weighted by molar-refractivity contribution is -0.135. The van der Waals surface area contributed by atoms with Crippen molar-refractivity contribution < 1.29 is 13.9 Å². The molecule has 2 aromatic rings. The maximum absolute atomic E-state index is 12.0. The molecule has 0 atom stereocenters. The minimum atomic E-state index is -1.11. The lowest BCUT2D eigenvalue weighted by Gasteiger charge is -2.05. The third-order valence-electron chi connectivity index (χ3n) is 2.08. The van der Waals surface area contributed by atoms with Crippen molar-refractivity contribution >= 4 is 16.7 Å². The van der Waals surface area contributed by atoms with Gasteiger partial charge in [-0.25, -0.2) is 9.18 Å². The molecule has 0 aliphatic carbocycles. The quantitative estimate of drug-likeness (QED) is 0.555. The molecule has 0 heterocycles. The largest absolute Gasteiger partial charge is 0.424 e. The van der Waals surface area contributed by atoms with Gasteiger partial charge in [-0.15, -0.1) is 0 Å². The molecule has 2 nitrogen and oxygen atoms in total. The molecule has 0 aromatic heterocycles. The molecule has 76 valence electrons. The van der Waals surface area contributed by atoms with Crippen LogP contribution in [0.25, 0.3) is 10.8 Å². The van der Waals surface area contributed by atoms with Gasteiger partial charge in [-0.1, -0.05) is 36.4 Å². The van der Waals surface area contributed by atoms with E-state index in [4.69, 9.17) is 4.74 Å². The van der Waals surface area contributed by atoms with E-state index >= 15 is 0 Å². The van der Waals surface area contributed by atoms with E-state index in [1.54, 1.807) is 12.1 Å². The zero-order chi connectivity index (χ0) is 10.7. The maximum Gasteiger partial charge on any atom is 0.342 e. The molecule has 0 bridgehead atoms. The van der Waals surface area contributed by atoms with Crippen LogP contribution in [0.5, 0.6) is 5.75 Å². The first kappa shape index (κ1) is 9.65. The van der Waals surface area contributed by atoms with E-state index in [1.807, 2.05) is 30.3 Å². The second-order valence-corrected chi connectivity index (χ2v) is 3.08. The van der Waals surface area contributed by atoms with Crippen LogP contribution in [0.1, 0.15) is 0 Å². The Morgan fingerprint density at radius 2 is 1.87 bits per heavy atom. The molecule has 0 spiro atoms. The predicted octanol–water partition coefficient (Wildman–Crippen LogP) is 2.71. The van der Waals surface area contributed by atoms with Gasteiger partial charge < -0.3 is 4.74 Å². The SMILES string of the molecule is O=C(CF)Oc1cccc2ccccc12. The minimum Gasteiger partial charge on any atom is -0.424 e. The van der Waals surface area contributed by atoms with E-state index < -0.39 is 12.6 Å². The molecule has 0 radical (unpaired) electrons. The van der Waals surface area contributed by atoms with E-state index in [0.717, 1.165) is 10.8 Å². The third-order valence-corrected chi connectivity index (χ3v) is 2.08. The number of alkyl halides is 1. The first-order valence-corrected chi connectivity index (χ1v) is 4.55. The Bertz CT molecular complexity index is 488. The molecule has 0 N–H and O–H groups in total. The molecule has 2 aromatic carbocycles. The zero-order valence-corrected chi connectivity index (χ0v) is 7.94. The van der Waals surface area contributed by atoms with Gasteiger partial charge in [0.25, 0.3) is 0 Å². The molecule has 2 rings (SSSR count). The van der Waals surface area contributed by atoms with Crippen LogP contribution in [0.4, 0.5) is 4.39 Å². The molecule has 0 amide bonds. The summed E-state index contributed by atoms with van der Waals surface area (Å²) in [6.07, 6.45) is 0. The summed E-state index contributed by atoms with van der Waals surface area (Å²) < 4.78 is 16.9. The van der Waals surface area contributed by atoms with Crippen LogP contribution in [0, 0.1) is 0 Å². The van der Waals surface area contributed by atoms with Gasteiger partial charge in [0.1, 0.15) is 5.75 Å². The lowest BCUT2D eigenvalue weighted by Crippen LogP contribution is -2.09. The number of benzene rings is 2. The molecular weight excluding hydrogens is 195 g/mol. The lowest BCUT2D eigenvalue weighted by atomic mass is 10.1. The number of ether oxygens (including phenoxy) is 1. The van der Waals surface area contributed by atoms with E-state index in [2.05, 4.69) is 0 Å². The van der Waals surface area contributed by atoms with Crippen LogP contribution in [0.15, 0.2) is 42.5 Å². The van der Waals surface area contributed by atoms with Crippen molar-refractivity contribution in [3.63, 3.8) is 0 Å². The Morgan fingerprint density at radius 1 is 1.13 bits per heavy atom. The van der Waals surface area contributed by atoms with Crippen molar-refractivity contribution in [2.75, 3.05) is 6.67 Å². The third kappa shape index (κ3) is 1.96. The van der Waals surface area contributed by atoms with Crippen LogP contribution in [0.2, 0.25) is 0 Å². The van der Waals surface area contributed by atoms with Crippen LogP contribution < -0.4 is 4.74 Å². The molecule has 3 heteroatoms. The van der Waals surface area contributed by atoms with E-state index in [-0.39, 0.29) is 0 Å². The molecule has 0 saturated carbocycles. The Hall–Kier alpha value is -1.90. The van der Waals surface area contributed by atoms with Crippen molar-refractivity contribution in [3.8, 4) is 5.75 Å². The summed E-state index contributed by atoms with van der Waals surface area (Å²) in [6, 6.07) is 12.8. The summed E-state index contributed by atoms with van der Waals surface area (Å²) in [4.78, 5) is 10.8. The van der Waals surface area contributed by atoms with Crippen LogP contribution >= 0.6 is 0 Å². The van der Waals surface area contributed by atoms with E-state index in [1.165, 1.54) is 0 Å². The maximum atomic E-state index is 12.0. The molecule has 0 fully saturated rings. The highest BCUT2D eigenvalue weighted by Crippen LogP contribution is 2.25. The number of rotatable bonds is 2. The Labute approximate surface area is 86.3 Å². The second kappa shape index (κ2) is 4.09. The number of fused-ring (bicyclic) bond motifs is 1. The summed E-state index contributed by atoms with van der Waals surface area (Å²) >= 11 is 0. The van der Waals surface area contributed by atoms with Crippen molar-refractivity contribution in [1.82, 2.24) is 0 Å². The smallest absolute Gasteiger partial charge is 0.342 e. The molecule has 0 aliphatic rings. The van der Waals surface area contributed by atoms with E-state index in [9.17, 15) is 9.18 Å². The van der Waals surface area contributed by atoms with Gasteiger partial charge in [0.15, 0.2) is 6.67 Å². The highest BCUT2D eigenvalue weighted by atomic mass is 19.1. The average molecular weight is 204 g/mol. The fourth-order valence-corrected chi connectivity index (χ4v) is 1.43. The Morgan fingerprint density at radius 3 is 2.67 bits per heavy atom. The van der Waals surface area contributed by atoms with Crippen LogP contribution in [0.3, 0.4) is 0 Å². The fraction of sp³-hybridized carbons (Fsp3) is 0.0833. The van der Waals surface area contributed by atoms with Crippen molar-refractivity contribution in [2.45, 2.75) is 0 Å². The fourth-order valence-electron chi connectivity index (χ4n) is 1.43. The topological polar surface area (TPSA) is 26.3 Å². The molecular formula is C12H9FO2. The predicted molar refractivity (Wildman–Crippen MR) is 55.6 cm³/mol. The standard InChI is InChI=1S/C12H9FO2/c13-8-12(14)15-11-7-3-5-9-4-1-2-6-10(9)11/h1-7H,8H2. The zero-order valence-electron chi connectivity index (χ0n) is 7.94. The number of carbonyl (C=O) groups excluding carboxylic acids is 1. The Kier molecular flexibility index (Phi) is 2.63. The molecule has 0 saturated heterocycles. The highest BCUT2D eigenvalue weighted by molar-refractivity contribution is 5.90. The summed E-state index contributed by atoms with van der Waals surface area (Å²) in [6.45, 7) is -1.11. The van der Waals surface area contributed by atoms with Gasteiger partial charge in [0.2, 0.25) is 0 Å². The Balaban J connectivity index is 2.46. The summed E-state index contributed by atoms with van der Waals surface area (Å²) in [7, 11) is 0. The number of esters is 1. The summed E-state index contributed by atoms with van der Waals surface area (Å²) in [5.41, 5.74) is 0. The number of halogens is 1. The van der Waals surface area contributed by atoms with Crippen molar-refractivity contribution in [3.05, 3.63) is 42.5 Å². The van der Waals surface area contributed by atoms with Gasteiger partial charge in [-0.3, -0.25) is 0 Å². The first-order chi connectivity index (χ1) is 7.31. The molecule has 0 aliphatic heterocycles. The van der Waals surface area contributed by atoms with Crippen molar-refractivity contribution in [1.29, 1.82) is 0 Å². The molecule has 0 unspecified atom stereocenters. The normalized spacial score (nSPS) is 10.2. The first-order valence-electron chi connectivity index (χ1n) is 4.55. The summed E-state index contributed by atoms with van der Waals surface area (Å²) in [5.74, 6) is -0.470.